The van der Waals surface area contributed by atoms with Crippen LogP contribution in [0.15, 0.2) is 48.7 Å². The molecule has 0 saturated heterocycles. The van der Waals surface area contributed by atoms with Crippen molar-refractivity contribution in [2.45, 2.75) is 0 Å². The lowest BCUT2D eigenvalue weighted by Gasteiger charge is -2.11. The van der Waals surface area contributed by atoms with Gasteiger partial charge in [-0.05, 0) is 36.4 Å². The summed E-state index contributed by atoms with van der Waals surface area (Å²) in [7, 11) is 1.33. The van der Waals surface area contributed by atoms with Crippen molar-refractivity contribution >= 4 is 16.9 Å². The Morgan fingerprint density at radius 2 is 2.09 bits per heavy atom. The van der Waals surface area contributed by atoms with Crippen molar-refractivity contribution in [3.8, 4) is 17.6 Å². The van der Waals surface area contributed by atoms with E-state index in [-0.39, 0.29) is 0 Å². The molecule has 0 aliphatic heterocycles. The zero-order valence-electron chi connectivity index (χ0n) is 11.8. The molecule has 1 aromatic heterocycles. The Morgan fingerprint density at radius 1 is 1.23 bits per heavy atom. The molecule has 0 saturated carbocycles. The first-order valence-electron chi connectivity index (χ1n) is 6.59. The molecule has 22 heavy (non-hydrogen) atoms. The highest BCUT2D eigenvalue weighted by Gasteiger charge is 2.18. The second-order valence-electron chi connectivity index (χ2n) is 4.61. The number of nitriles is 1. The fourth-order valence-corrected chi connectivity index (χ4v) is 2.27. The average molecular weight is 292 g/mol. The Hall–Kier alpha value is -3.26. The first-order valence-corrected chi connectivity index (χ1v) is 6.59. The van der Waals surface area contributed by atoms with E-state index in [4.69, 9.17) is 14.7 Å². The van der Waals surface area contributed by atoms with E-state index in [9.17, 15) is 4.79 Å². The van der Waals surface area contributed by atoms with Gasteiger partial charge in [0, 0.05) is 17.1 Å². The van der Waals surface area contributed by atoms with E-state index in [1.807, 2.05) is 6.07 Å². The number of ether oxygens (including phenoxy) is 2. The van der Waals surface area contributed by atoms with Gasteiger partial charge in [0.05, 0.1) is 18.7 Å². The van der Waals surface area contributed by atoms with Gasteiger partial charge >= 0.3 is 5.97 Å². The highest BCUT2D eigenvalue weighted by atomic mass is 16.5. The number of rotatable bonds is 3. The van der Waals surface area contributed by atoms with Crippen LogP contribution in [0.4, 0.5) is 0 Å². The Morgan fingerprint density at radius 3 is 2.86 bits per heavy atom. The normalized spacial score (nSPS) is 10.2. The molecule has 0 fully saturated rings. The van der Waals surface area contributed by atoms with Crippen LogP contribution in [-0.2, 0) is 4.74 Å². The second-order valence-corrected chi connectivity index (χ2v) is 4.61. The molecule has 108 valence electrons. The van der Waals surface area contributed by atoms with Crippen LogP contribution < -0.4 is 4.74 Å². The SMILES string of the molecule is COC(=O)c1c(Oc2cccc(C#N)c2)ccc2[nH]ccc12. The molecular formula is C17H12N2O3. The van der Waals surface area contributed by atoms with Crippen LogP contribution >= 0.6 is 0 Å². The molecule has 0 aliphatic rings. The third-order valence-corrected chi connectivity index (χ3v) is 3.28. The highest BCUT2D eigenvalue weighted by molar-refractivity contribution is 6.06. The molecule has 0 amide bonds. The van der Waals surface area contributed by atoms with Gasteiger partial charge in [-0.2, -0.15) is 5.26 Å². The molecular weight excluding hydrogens is 280 g/mol. The molecule has 5 nitrogen and oxygen atoms in total. The number of esters is 1. The monoisotopic (exact) mass is 292 g/mol. The molecule has 0 radical (unpaired) electrons. The zero-order chi connectivity index (χ0) is 15.5. The highest BCUT2D eigenvalue weighted by Crippen LogP contribution is 2.32. The summed E-state index contributed by atoms with van der Waals surface area (Å²) in [6.07, 6.45) is 1.75. The molecule has 2 aromatic carbocycles. The van der Waals surface area contributed by atoms with E-state index in [0.717, 1.165) is 10.9 Å². The van der Waals surface area contributed by atoms with Crippen LogP contribution in [0, 0.1) is 11.3 Å². The van der Waals surface area contributed by atoms with Crippen molar-refractivity contribution in [3.63, 3.8) is 0 Å². The fourth-order valence-electron chi connectivity index (χ4n) is 2.27. The van der Waals surface area contributed by atoms with Crippen molar-refractivity contribution < 1.29 is 14.3 Å². The predicted molar refractivity (Wildman–Crippen MR) is 80.9 cm³/mol. The minimum Gasteiger partial charge on any atom is -0.465 e. The number of aromatic amines is 1. The summed E-state index contributed by atoms with van der Waals surface area (Å²) >= 11 is 0. The Bertz CT molecular complexity index is 890. The molecule has 0 atom stereocenters. The van der Waals surface area contributed by atoms with Gasteiger partial charge in [-0.1, -0.05) is 6.07 Å². The van der Waals surface area contributed by atoms with Crippen LogP contribution in [-0.4, -0.2) is 18.1 Å². The molecule has 1 N–H and O–H groups in total. The van der Waals surface area contributed by atoms with E-state index in [2.05, 4.69) is 11.1 Å². The van der Waals surface area contributed by atoms with Crippen molar-refractivity contribution in [3.05, 3.63) is 59.8 Å². The molecule has 3 aromatic rings. The third-order valence-electron chi connectivity index (χ3n) is 3.28. The summed E-state index contributed by atoms with van der Waals surface area (Å²) in [6.45, 7) is 0. The summed E-state index contributed by atoms with van der Waals surface area (Å²) < 4.78 is 10.6. The number of H-pyrrole nitrogens is 1. The van der Waals surface area contributed by atoms with Gasteiger partial charge in [-0.25, -0.2) is 4.79 Å². The Balaban J connectivity index is 2.10. The maximum absolute atomic E-state index is 12.1. The lowest BCUT2D eigenvalue weighted by molar-refractivity contribution is 0.0600. The molecule has 5 heteroatoms. The van der Waals surface area contributed by atoms with E-state index >= 15 is 0 Å². The summed E-state index contributed by atoms with van der Waals surface area (Å²) in [5, 5.41) is 9.66. The van der Waals surface area contributed by atoms with Crippen molar-refractivity contribution in [1.29, 1.82) is 5.26 Å². The number of carbonyl (C=O) groups is 1. The van der Waals surface area contributed by atoms with Crippen LogP contribution in [0.2, 0.25) is 0 Å². The largest absolute Gasteiger partial charge is 0.465 e. The van der Waals surface area contributed by atoms with Gasteiger partial charge in [0.25, 0.3) is 0 Å². The topological polar surface area (TPSA) is 75.1 Å². The number of nitrogens with one attached hydrogen (secondary N) is 1. The smallest absolute Gasteiger partial charge is 0.342 e. The maximum Gasteiger partial charge on any atom is 0.342 e. The summed E-state index contributed by atoms with van der Waals surface area (Å²) in [5.74, 6) is 0.393. The second kappa shape index (κ2) is 5.62. The number of fused-ring (bicyclic) bond motifs is 1. The minimum absolute atomic E-state index is 0.351. The van der Waals surface area contributed by atoms with Crippen molar-refractivity contribution in [2.24, 2.45) is 0 Å². The third kappa shape index (κ3) is 2.38. The number of hydrogen-bond acceptors (Lipinski definition) is 4. The quantitative estimate of drug-likeness (QED) is 0.748. The van der Waals surface area contributed by atoms with E-state index in [1.54, 1.807) is 42.6 Å². The molecule has 0 aliphatic carbocycles. The molecule has 0 unspecified atom stereocenters. The summed E-state index contributed by atoms with van der Waals surface area (Å²) in [4.78, 5) is 15.1. The Labute approximate surface area is 126 Å². The minimum atomic E-state index is -0.475. The number of methoxy groups -OCH3 is 1. The molecule has 0 bridgehead atoms. The zero-order valence-corrected chi connectivity index (χ0v) is 11.8. The van der Waals surface area contributed by atoms with E-state index in [0.29, 0.717) is 22.6 Å². The number of benzene rings is 2. The number of nitrogens with zero attached hydrogens (tertiary/aromatic N) is 1. The number of carbonyl (C=O) groups excluding carboxylic acids is 1. The van der Waals surface area contributed by atoms with Crippen LogP contribution in [0.1, 0.15) is 15.9 Å². The van der Waals surface area contributed by atoms with Gasteiger partial charge in [-0.3, -0.25) is 0 Å². The maximum atomic E-state index is 12.1. The van der Waals surface area contributed by atoms with Crippen LogP contribution in [0.25, 0.3) is 10.9 Å². The van der Waals surface area contributed by atoms with Gasteiger partial charge < -0.3 is 14.5 Å². The Kier molecular flexibility index (Phi) is 3.50. The lowest BCUT2D eigenvalue weighted by Crippen LogP contribution is -2.04. The lowest BCUT2D eigenvalue weighted by atomic mass is 10.1. The molecule has 1 heterocycles. The van der Waals surface area contributed by atoms with E-state index in [1.165, 1.54) is 7.11 Å². The molecule has 0 spiro atoms. The van der Waals surface area contributed by atoms with Gasteiger partial charge in [-0.15, -0.1) is 0 Å². The number of hydrogen-bond donors (Lipinski definition) is 1. The fraction of sp³-hybridized carbons (Fsp3) is 0.0588. The van der Waals surface area contributed by atoms with Crippen molar-refractivity contribution in [2.75, 3.05) is 7.11 Å². The first-order chi connectivity index (χ1) is 10.7. The average Bonchev–Trinajstić information content (AvgIpc) is 3.02. The van der Waals surface area contributed by atoms with Gasteiger partial charge in [0.1, 0.15) is 17.1 Å². The summed E-state index contributed by atoms with van der Waals surface area (Å²) in [5.41, 5.74) is 1.65. The van der Waals surface area contributed by atoms with Gasteiger partial charge in [0.2, 0.25) is 0 Å². The predicted octanol–water partition coefficient (Wildman–Crippen LogP) is 3.62. The van der Waals surface area contributed by atoms with Crippen molar-refractivity contribution in [1.82, 2.24) is 4.98 Å². The van der Waals surface area contributed by atoms with E-state index < -0.39 is 5.97 Å². The molecule has 3 rings (SSSR count). The summed E-state index contributed by atoms with van der Waals surface area (Å²) in [6, 6.07) is 14.1. The standard InChI is InChI=1S/C17H12N2O3/c1-21-17(20)16-13-7-8-19-14(13)5-6-15(16)22-12-4-2-3-11(9-12)10-18/h2-9,19H,1H3. The van der Waals surface area contributed by atoms with Gasteiger partial charge in [0.15, 0.2) is 0 Å². The first kappa shape index (κ1) is 13.7. The van der Waals surface area contributed by atoms with Crippen LogP contribution in [0.5, 0.6) is 11.5 Å². The van der Waals surface area contributed by atoms with Crippen LogP contribution in [0.3, 0.4) is 0 Å². The number of aromatic nitrogens is 1.